The Kier molecular flexibility index (Phi) is 8.25. The molecule has 0 unspecified atom stereocenters. The van der Waals surface area contributed by atoms with Gasteiger partial charge in [-0.05, 0) is 31.0 Å². The van der Waals surface area contributed by atoms with Crippen LogP contribution in [0, 0.1) is 11.8 Å². The lowest BCUT2D eigenvalue weighted by molar-refractivity contribution is -0.114. The molecule has 0 aliphatic rings. The lowest BCUT2D eigenvalue weighted by Crippen LogP contribution is -2.29. The summed E-state index contributed by atoms with van der Waals surface area (Å²) in [4.78, 5) is 22.3. The van der Waals surface area contributed by atoms with Crippen molar-refractivity contribution in [3.05, 3.63) is 69.7 Å². The third-order valence-corrected chi connectivity index (χ3v) is 4.02. The zero-order chi connectivity index (χ0) is 20.4. The van der Waals surface area contributed by atoms with Crippen LogP contribution in [0.15, 0.2) is 63.3 Å². The summed E-state index contributed by atoms with van der Waals surface area (Å²) in [6.07, 6.45) is 0. The highest BCUT2D eigenvalue weighted by Crippen LogP contribution is 2.13. The summed E-state index contributed by atoms with van der Waals surface area (Å²) in [5, 5.41) is 10.4. The van der Waals surface area contributed by atoms with E-state index in [2.05, 4.69) is 43.4 Å². The molecular formula is C21H20BrN3O3. The molecule has 2 aromatic carbocycles. The van der Waals surface area contributed by atoms with Crippen molar-refractivity contribution in [1.82, 2.24) is 5.32 Å². The minimum absolute atomic E-state index is 0.159. The van der Waals surface area contributed by atoms with Gasteiger partial charge in [0.1, 0.15) is 19.4 Å². The van der Waals surface area contributed by atoms with Crippen LogP contribution in [0.4, 0.5) is 0 Å². The van der Waals surface area contributed by atoms with Gasteiger partial charge in [0, 0.05) is 28.2 Å². The maximum atomic E-state index is 12.1. The third kappa shape index (κ3) is 6.25. The Balaban J connectivity index is 2.12. The van der Waals surface area contributed by atoms with Crippen LogP contribution in [0.3, 0.4) is 0 Å². The number of nitrogens with one attached hydrogen (secondary N) is 1. The molecule has 1 N–H and O–H groups in total. The molecule has 0 aromatic heterocycles. The highest BCUT2D eigenvalue weighted by molar-refractivity contribution is 9.10. The molecule has 0 atom stereocenters. The van der Waals surface area contributed by atoms with Crippen molar-refractivity contribution in [3.8, 4) is 11.8 Å². The Morgan fingerprint density at radius 1 is 1.18 bits per heavy atom. The predicted octanol–water partition coefficient (Wildman–Crippen LogP) is 3.49. The molecule has 6 nitrogen and oxygen atoms in total. The van der Waals surface area contributed by atoms with Crippen LogP contribution in [-0.4, -0.2) is 31.5 Å². The van der Waals surface area contributed by atoms with E-state index in [1.54, 1.807) is 13.0 Å². The van der Waals surface area contributed by atoms with E-state index in [1.807, 2.05) is 42.5 Å². The zero-order valence-electron chi connectivity index (χ0n) is 15.8. The molecule has 0 aliphatic heterocycles. The summed E-state index contributed by atoms with van der Waals surface area (Å²) in [6, 6.07) is 15.0. The zero-order valence-corrected chi connectivity index (χ0v) is 17.4. The van der Waals surface area contributed by atoms with Gasteiger partial charge >= 0.3 is 0 Å². The molecule has 0 heterocycles. The second-order valence-electron chi connectivity index (χ2n) is 5.57. The summed E-state index contributed by atoms with van der Waals surface area (Å²) in [6.45, 7) is 1.92. The van der Waals surface area contributed by atoms with Gasteiger partial charge in [0.25, 0.3) is 5.91 Å². The lowest BCUT2D eigenvalue weighted by atomic mass is 10.0. The fourth-order valence-corrected chi connectivity index (χ4v) is 2.65. The van der Waals surface area contributed by atoms with E-state index in [1.165, 1.54) is 14.2 Å². The molecule has 144 valence electrons. The summed E-state index contributed by atoms with van der Waals surface area (Å²) in [7, 11) is 2.92. The highest BCUT2D eigenvalue weighted by Gasteiger charge is 2.17. The minimum atomic E-state index is -0.353. The number of oxime groups is 2. The summed E-state index contributed by atoms with van der Waals surface area (Å²) in [5.74, 6) is 5.61. The van der Waals surface area contributed by atoms with E-state index in [-0.39, 0.29) is 18.2 Å². The first-order valence-corrected chi connectivity index (χ1v) is 9.20. The Hall–Kier alpha value is -3.11. The van der Waals surface area contributed by atoms with Gasteiger partial charge in [-0.25, -0.2) is 0 Å². The molecule has 0 saturated carbocycles. The number of benzene rings is 2. The van der Waals surface area contributed by atoms with Crippen LogP contribution >= 0.6 is 15.9 Å². The van der Waals surface area contributed by atoms with Gasteiger partial charge in [-0.2, -0.15) is 0 Å². The normalized spacial score (nSPS) is 11.3. The first kappa shape index (κ1) is 21.2. The van der Waals surface area contributed by atoms with Crippen LogP contribution < -0.4 is 5.32 Å². The Morgan fingerprint density at radius 2 is 1.96 bits per heavy atom. The van der Waals surface area contributed by atoms with E-state index in [0.717, 1.165) is 15.6 Å². The first-order chi connectivity index (χ1) is 13.5. The minimum Gasteiger partial charge on any atom is -0.398 e. The number of carbonyl (C=O) groups excluding carboxylic acids is 1. The number of halogens is 1. The maximum Gasteiger partial charge on any atom is 0.273 e. The van der Waals surface area contributed by atoms with E-state index in [9.17, 15) is 4.79 Å². The van der Waals surface area contributed by atoms with Crippen LogP contribution in [-0.2, 0) is 21.1 Å². The number of hydrogen-bond acceptors (Lipinski definition) is 5. The van der Waals surface area contributed by atoms with Crippen molar-refractivity contribution >= 4 is 33.3 Å². The van der Waals surface area contributed by atoms with Gasteiger partial charge in [-0.1, -0.05) is 62.5 Å². The second kappa shape index (κ2) is 10.9. The van der Waals surface area contributed by atoms with Crippen LogP contribution in [0.2, 0.25) is 0 Å². The van der Waals surface area contributed by atoms with E-state index in [4.69, 9.17) is 9.68 Å². The molecule has 2 aromatic rings. The molecule has 2 rings (SSSR count). The van der Waals surface area contributed by atoms with Crippen molar-refractivity contribution in [2.45, 2.75) is 13.5 Å². The quantitative estimate of drug-likeness (QED) is 0.423. The first-order valence-electron chi connectivity index (χ1n) is 8.40. The van der Waals surface area contributed by atoms with Gasteiger partial charge in [0.15, 0.2) is 5.71 Å². The van der Waals surface area contributed by atoms with E-state index < -0.39 is 0 Å². The monoisotopic (exact) mass is 441 g/mol. The number of hydrogen-bond donors (Lipinski definition) is 1. The third-order valence-electron chi connectivity index (χ3n) is 3.53. The van der Waals surface area contributed by atoms with Crippen LogP contribution in [0.1, 0.15) is 23.6 Å². The average molecular weight is 442 g/mol. The van der Waals surface area contributed by atoms with Crippen molar-refractivity contribution in [1.29, 1.82) is 0 Å². The molecule has 0 saturated heterocycles. The SMILES string of the molecule is CNC(=O)/C(=N/OC)c1ccccc1CO/N=C(\C)C#Cc1cccc(Br)c1. The van der Waals surface area contributed by atoms with Gasteiger partial charge in [-0.3, -0.25) is 4.79 Å². The fraction of sp³-hybridized carbons (Fsp3) is 0.190. The van der Waals surface area contributed by atoms with E-state index >= 15 is 0 Å². The number of nitrogens with zero attached hydrogens (tertiary/aromatic N) is 2. The van der Waals surface area contributed by atoms with Crippen molar-refractivity contribution in [2.75, 3.05) is 14.2 Å². The number of likely N-dealkylation sites (N-methyl/N-ethyl adjacent to an activating group) is 1. The number of amides is 1. The smallest absolute Gasteiger partial charge is 0.273 e. The Labute approximate surface area is 172 Å². The summed E-state index contributed by atoms with van der Waals surface area (Å²) >= 11 is 3.41. The molecule has 0 spiro atoms. The number of carbonyl (C=O) groups is 1. The Bertz CT molecular complexity index is 959. The second-order valence-corrected chi connectivity index (χ2v) is 6.48. The predicted molar refractivity (Wildman–Crippen MR) is 113 cm³/mol. The summed E-state index contributed by atoms with van der Waals surface area (Å²) < 4.78 is 0.964. The molecule has 1 amide bonds. The molecule has 0 radical (unpaired) electrons. The standard InChI is InChI=1S/C21H20BrN3O3/c1-15(11-12-16-7-6-9-18(22)13-16)24-28-14-17-8-4-5-10-19(17)20(25-27-3)21(26)23-2/h4-10,13H,14H2,1-3H3,(H,23,26)/b24-15+,25-20+. The van der Waals surface area contributed by atoms with Crippen LogP contribution in [0.5, 0.6) is 0 Å². The van der Waals surface area contributed by atoms with Gasteiger partial charge < -0.3 is 15.0 Å². The maximum absolute atomic E-state index is 12.1. The molecule has 0 aliphatic carbocycles. The molecule has 7 heteroatoms. The molecule has 0 bridgehead atoms. The van der Waals surface area contributed by atoms with Crippen LogP contribution in [0.25, 0.3) is 0 Å². The molecule has 0 fully saturated rings. The Morgan fingerprint density at radius 3 is 2.68 bits per heavy atom. The van der Waals surface area contributed by atoms with Crippen molar-refractivity contribution < 1.29 is 14.5 Å². The largest absolute Gasteiger partial charge is 0.398 e. The van der Waals surface area contributed by atoms with Gasteiger partial charge in [0.2, 0.25) is 0 Å². The van der Waals surface area contributed by atoms with Gasteiger partial charge in [-0.15, -0.1) is 0 Å². The molecular weight excluding hydrogens is 422 g/mol. The average Bonchev–Trinajstić information content (AvgIpc) is 2.70. The van der Waals surface area contributed by atoms with E-state index in [0.29, 0.717) is 11.3 Å². The summed E-state index contributed by atoms with van der Waals surface area (Å²) in [5.41, 5.74) is 2.93. The van der Waals surface area contributed by atoms with Crippen molar-refractivity contribution in [2.24, 2.45) is 10.3 Å². The van der Waals surface area contributed by atoms with Gasteiger partial charge in [0.05, 0.1) is 0 Å². The number of rotatable bonds is 6. The fourth-order valence-electron chi connectivity index (χ4n) is 2.25. The molecule has 28 heavy (non-hydrogen) atoms. The highest BCUT2D eigenvalue weighted by atomic mass is 79.9. The van der Waals surface area contributed by atoms with Crippen molar-refractivity contribution in [3.63, 3.8) is 0 Å². The lowest BCUT2D eigenvalue weighted by Gasteiger charge is -2.09. The topological polar surface area (TPSA) is 72.3 Å².